The minimum Gasteiger partial charge on any atom is -0.508 e. The Morgan fingerprint density at radius 1 is 0.833 bits per heavy atom. The largest absolute Gasteiger partial charge is 0.508 e. The highest BCUT2D eigenvalue weighted by Crippen LogP contribution is 2.22. The van der Waals surface area contributed by atoms with Crippen molar-refractivity contribution in [1.82, 2.24) is 0 Å². The predicted octanol–water partition coefficient (Wildman–Crippen LogP) is 3.34. The molecule has 2 amide bonds. The molecule has 0 spiro atoms. The molecular weight excluding hydrogens is 384 g/mol. The van der Waals surface area contributed by atoms with E-state index in [1.807, 2.05) is 0 Å². The van der Waals surface area contributed by atoms with Crippen molar-refractivity contribution in [2.45, 2.75) is 13.0 Å². The number of amides is 2. The summed E-state index contributed by atoms with van der Waals surface area (Å²) >= 11 is 0. The molecule has 7 heteroatoms. The quantitative estimate of drug-likeness (QED) is 0.545. The number of primary amides is 1. The molecule has 0 saturated heterocycles. The van der Waals surface area contributed by atoms with Gasteiger partial charge in [0.15, 0.2) is 6.10 Å². The number of aromatic hydroxyl groups is 1. The third kappa shape index (κ3) is 5.02. The second-order valence-electron chi connectivity index (χ2n) is 6.60. The van der Waals surface area contributed by atoms with Crippen LogP contribution in [0, 0.1) is 0 Å². The van der Waals surface area contributed by atoms with Gasteiger partial charge < -0.3 is 20.9 Å². The molecule has 0 unspecified atom stereocenters. The maximum atomic E-state index is 12.3. The summed E-state index contributed by atoms with van der Waals surface area (Å²) in [5.41, 5.74) is 8.02. The van der Waals surface area contributed by atoms with E-state index in [9.17, 15) is 19.5 Å². The average Bonchev–Trinajstić information content (AvgIpc) is 2.74. The molecule has 0 aliphatic carbocycles. The van der Waals surface area contributed by atoms with Gasteiger partial charge >= 0.3 is 5.97 Å². The van der Waals surface area contributed by atoms with Crippen molar-refractivity contribution in [2.24, 2.45) is 5.73 Å². The smallest absolute Gasteiger partial charge is 0.338 e. The number of nitrogens with one attached hydrogen (secondary N) is 1. The third-order valence-electron chi connectivity index (χ3n) is 4.41. The van der Waals surface area contributed by atoms with Crippen molar-refractivity contribution < 1.29 is 24.2 Å². The molecule has 0 radical (unpaired) electrons. The number of hydrogen-bond acceptors (Lipinski definition) is 5. The topological polar surface area (TPSA) is 119 Å². The van der Waals surface area contributed by atoms with Crippen molar-refractivity contribution in [1.29, 1.82) is 0 Å². The summed E-state index contributed by atoms with van der Waals surface area (Å²) in [6.45, 7) is 1.47. The van der Waals surface area contributed by atoms with Crippen LogP contribution in [0.25, 0.3) is 11.1 Å². The number of rotatable bonds is 6. The average molecular weight is 404 g/mol. The molecule has 30 heavy (non-hydrogen) atoms. The molecule has 3 aromatic rings. The number of carbonyl (C=O) groups is 3. The Hall–Kier alpha value is -4.13. The molecule has 0 saturated carbocycles. The van der Waals surface area contributed by atoms with E-state index >= 15 is 0 Å². The van der Waals surface area contributed by atoms with Crippen molar-refractivity contribution in [2.75, 3.05) is 5.32 Å². The summed E-state index contributed by atoms with van der Waals surface area (Å²) in [6, 6.07) is 19.5. The Kier molecular flexibility index (Phi) is 6.12. The fourth-order valence-corrected chi connectivity index (χ4v) is 2.70. The molecule has 0 fully saturated rings. The van der Waals surface area contributed by atoms with E-state index in [1.165, 1.54) is 31.2 Å². The van der Waals surface area contributed by atoms with Gasteiger partial charge in [-0.15, -0.1) is 0 Å². The molecule has 0 aromatic heterocycles. The SMILES string of the molecule is C[C@H](OC(=O)c1ccc(-c2ccc(O)cc2)cc1)C(=O)Nc1ccc(C(N)=O)cc1. The maximum Gasteiger partial charge on any atom is 0.338 e. The first kappa shape index (κ1) is 20.6. The monoisotopic (exact) mass is 404 g/mol. The predicted molar refractivity (Wildman–Crippen MR) is 112 cm³/mol. The number of benzene rings is 3. The van der Waals surface area contributed by atoms with Crippen molar-refractivity contribution in [3.63, 3.8) is 0 Å². The Morgan fingerprint density at radius 3 is 1.87 bits per heavy atom. The molecule has 0 bridgehead atoms. The molecule has 7 nitrogen and oxygen atoms in total. The van der Waals surface area contributed by atoms with E-state index < -0.39 is 23.9 Å². The van der Waals surface area contributed by atoms with Crippen molar-refractivity contribution >= 4 is 23.5 Å². The fraction of sp³-hybridized carbons (Fsp3) is 0.0870. The van der Waals surface area contributed by atoms with Crippen LogP contribution in [0.5, 0.6) is 5.75 Å². The Balaban J connectivity index is 1.59. The second kappa shape index (κ2) is 8.91. The van der Waals surface area contributed by atoms with Gasteiger partial charge in [0, 0.05) is 11.3 Å². The van der Waals surface area contributed by atoms with E-state index in [-0.39, 0.29) is 5.75 Å². The van der Waals surface area contributed by atoms with E-state index in [0.29, 0.717) is 16.8 Å². The molecule has 0 heterocycles. The summed E-state index contributed by atoms with van der Waals surface area (Å²) in [5, 5.41) is 12.0. The van der Waals surface area contributed by atoms with E-state index in [4.69, 9.17) is 10.5 Å². The number of nitrogens with two attached hydrogens (primary N) is 1. The summed E-state index contributed by atoms with van der Waals surface area (Å²) in [4.78, 5) is 35.7. The zero-order chi connectivity index (χ0) is 21.7. The number of phenolic OH excluding ortho intramolecular Hbond substituents is 1. The zero-order valence-electron chi connectivity index (χ0n) is 16.2. The van der Waals surface area contributed by atoms with Gasteiger partial charge in [0.1, 0.15) is 5.75 Å². The van der Waals surface area contributed by atoms with E-state index in [0.717, 1.165) is 11.1 Å². The van der Waals surface area contributed by atoms with Crippen LogP contribution in [0.4, 0.5) is 5.69 Å². The highest BCUT2D eigenvalue weighted by atomic mass is 16.5. The minimum absolute atomic E-state index is 0.176. The van der Waals surface area contributed by atoms with E-state index in [1.54, 1.807) is 48.5 Å². The van der Waals surface area contributed by atoms with Gasteiger partial charge in [0.2, 0.25) is 5.91 Å². The first-order valence-corrected chi connectivity index (χ1v) is 9.14. The highest BCUT2D eigenvalue weighted by Gasteiger charge is 2.19. The number of phenols is 1. The second-order valence-corrected chi connectivity index (χ2v) is 6.60. The lowest BCUT2D eigenvalue weighted by Gasteiger charge is -2.14. The first-order valence-electron chi connectivity index (χ1n) is 9.14. The zero-order valence-corrected chi connectivity index (χ0v) is 16.2. The fourth-order valence-electron chi connectivity index (χ4n) is 2.70. The molecule has 0 aliphatic heterocycles. The van der Waals surface area contributed by atoms with Crippen LogP contribution in [-0.2, 0) is 9.53 Å². The van der Waals surface area contributed by atoms with Gasteiger partial charge in [-0.3, -0.25) is 9.59 Å². The highest BCUT2D eigenvalue weighted by molar-refractivity contribution is 5.98. The number of ether oxygens (including phenoxy) is 1. The lowest BCUT2D eigenvalue weighted by Crippen LogP contribution is -2.30. The van der Waals surface area contributed by atoms with E-state index in [2.05, 4.69) is 5.32 Å². The normalized spacial score (nSPS) is 11.4. The van der Waals surface area contributed by atoms with Gasteiger partial charge in [-0.25, -0.2) is 4.79 Å². The summed E-state index contributed by atoms with van der Waals surface area (Å²) in [7, 11) is 0. The lowest BCUT2D eigenvalue weighted by molar-refractivity contribution is -0.123. The van der Waals surface area contributed by atoms with Gasteiger partial charge in [0.05, 0.1) is 5.56 Å². The molecule has 3 aromatic carbocycles. The van der Waals surface area contributed by atoms with Gasteiger partial charge in [-0.1, -0.05) is 24.3 Å². The van der Waals surface area contributed by atoms with Crippen LogP contribution in [-0.4, -0.2) is 29.0 Å². The minimum atomic E-state index is -1.02. The van der Waals surface area contributed by atoms with Crippen LogP contribution < -0.4 is 11.1 Å². The maximum absolute atomic E-state index is 12.3. The van der Waals surface area contributed by atoms with Crippen LogP contribution in [0.15, 0.2) is 72.8 Å². The van der Waals surface area contributed by atoms with Crippen LogP contribution in [0.3, 0.4) is 0 Å². The molecule has 152 valence electrons. The summed E-state index contributed by atoms with van der Waals surface area (Å²) in [5.74, 6) is -1.52. The molecular formula is C23H20N2O5. The molecule has 4 N–H and O–H groups in total. The standard InChI is InChI=1S/C23H20N2O5/c1-14(22(28)25-19-10-6-17(7-11-19)21(24)27)30-23(29)18-4-2-15(3-5-18)16-8-12-20(26)13-9-16/h2-14,26H,1H3,(H2,24,27)(H,25,28)/t14-/m0/s1. The number of carbonyl (C=O) groups excluding carboxylic acids is 3. The summed E-state index contributed by atoms with van der Waals surface area (Å²) in [6.07, 6.45) is -1.02. The number of hydrogen-bond donors (Lipinski definition) is 3. The lowest BCUT2D eigenvalue weighted by atomic mass is 10.0. The number of anilines is 1. The Bertz CT molecular complexity index is 1060. The van der Waals surface area contributed by atoms with Gasteiger partial charge in [0.25, 0.3) is 5.91 Å². The van der Waals surface area contributed by atoms with Gasteiger partial charge in [-0.05, 0) is 66.6 Å². The van der Waals surface area contributed by atoms with Crippen LogP contribution in [0.2, 0.25) is 0 Å². The summed E-state index contributed by atoms with van der Waals surface area (Å²) < 4.78 is 5.24. The third-order valence-corrected chi connectivity index (χ3v) is 4.41. The number of esters is 1. The van der Waals surface area contributed by atoms with Crippen molar-refractivity contribution in [3.8, 4) is 16.9 Å². The molecule has 0 aliphatic rings. The molecule has 1 atom stereocenters. The first-order chi connectivity index (χ1) is 14.3. The van der Waals surface area contributed by atoms with Crippen LogP contribution >= 0.6 is 0 Å². The van der Waals surface area contributed by atoms with Crippen molar-refractivity contribution in [3.05, 3.63) is 83.9 Å². The van der Waals surface area contributed by atoms with Gasteiger partial charge in [-0.2, -0.15) is 0 Å². The Morgan fingerprint density at radius 2 is 1.33 bits per heavy atom. The molecule has 3 rings (SSSR count). The van der Waals surface area contributed by atoms with Crippen LogP contribution in [0.1, 0.15) is 27.6 Å². The Labute approximate surface area is 173 Å².